The number of hydrogen-bond acceptors (Lipinski definition) is 4. The summed E-state index contributed by atoms with van der Waals surface area (Å²) in [5.74, 6) is 0.548. The molecule has 1 rings (SSSR count). The number of phenols is 1. The molecule has 0 amide bonds. The summed E-state index contributed by atoms with van der Waals surface area (Å²) in [4.78, 5) is 4.72. The fraction of sp³-hybridized carbons (Fsp3) is 0.333. The van der Waals surface area contributed by atoms with Gasteiger partial charge in [0.1, 0.15) is 0 Å². The average molecular weight is 262 g/mol. The molecule has 0 saturated carbocycles. The van der Waals surface area contributed by atoms with Crippen LogP contribution in [0.15, 0.2) is 16.6 Å². The van der Waals surface area contributed by atoms with Crippen LogP contribution in [-0.2, 0) is 11.4 Å². The van der Waals surface area contributed by atoms with E-state index in [1.165, 1.54) is 14.2 Å². The van der Waals surface area contributed by atoms with Crippen LogP contribution in [0, 0.1) is 0 Å². The van der Waals surface area contributed by atoms with Crippen molar-refractivity contribution in [3.8, 4) is 11.5 Å². The molecular formula is C9H12BrNO3. The Balaban J connectivity index is 2.98. The van der Waals surface area contributed by atoms with E-state index in [0.717, 1.165) is 5.56 Å². The summed E-state index contributed by atoms with van der Waals surface area (Å²) in [7, 11) is 3.04. The summed E-state index contributed by atoms with van der Waals surface area (Å²) in [6, 6.07) is 3.60. The summed E-state index contributed by atoms with van der Waals surface area (Å²) in [5.41, 5.74) is 3.51. The van der Waals surface area contributed by atoms with E-state index in [2.05, 4.69) is 21.4 Å². The summed E-state index contributed by atoms with van der Waals surface area (Å²) in [5, 5.41) is 9.64. The Morgan fingerprint density at radius 1 is 1.43 bits per heavy atom. The lowest BCUT2D eigenvalue weighted by Gasteiger charge is -2.11. The fourth-order valence-corrected chi connectivity index (χ4v) is 1.42. The lowest BCUT2D eigenvalue weighted by Crippen LogP contribution is -2.11. The Labute approximate surface area is 90.9 Å². The second-order valence-corrected chi connectivity index (χ2v) is 3.47. The van der Waals surface area contributed by atoms with Gasteiger partial charge in [0.15, 0.2) is 11.5 Å². The number of methoxy groups -OCH3 is 1. The summed E-state index contributed by atoms with van der Waals surface area (Å²) in [6.07, 6.45) is 0. The van der Waals surface area contributed by atoms with Gasteiger partial charge in [0.2, 0.25) is 0 Å². The van der Waals surface area contributed by atoms with Crippen LogP contribution in [0.2, 0.25) is 0 Å². The molecule has 5 heteroatoms. The van der Waals surface area contributed by atoms with E-state index in [1.54, 1.807) is 6.07 Å². The Kier molecular flexibility index (Phi) is 4.19. The fourth-order valence-electron chi connectivity index (χ4n) is 1.11. The monoisotopic (exact) mass is 261 g/mol. The average Bonchev–Trinajstić information content (AvgIpc) is 2.20. The molecule has 0 atom stereocenters. The molecule has 0 saturated heterocycles. The van der Waals surface area contributed by atoms with Gasteiger partial charge >= 0.3 is 0 Å². The van der Waals surface area contributed by atoms with Crippen LogP contribution in [0.5, 0.6) is 11.5 Å². The van der Waals surface area contributed by atoms with Crippen LogP contribution in [-0.4, -0.2) is 19.3 Å². The number of hydrogen-bond donors (Lipinski definition) is 2. The van der Waals surface area contributed by atoms with Gasteiger partial charge < -0.3 is 14.7 Å². The van der Waals surface area contributed by atoms with Crippen molar-refractivity contribution in [2.45, 2.75) is 6.54 Å². The molecular weight excluding hydrogens is 250 g/mol. The van der Waals surface area contributed by atoms with E-state index < -0.39 is 0 Å². The first-order valence-corrected chi connectivity index (χ1v) is 4.80. The van der Waals surface area contributed by atoms with E-state index >= 15 is 0 Å². The van der Waals surface area contributed by atoms with E-state index in [9.17, 15) is 5.11 Å². The molecule has 0 unspecified atom stereocenters. The van der Waals surface area contributed by atoms with Gasteiger partial charge in [-0.2, -0.15) is 5.48 Å². The molecule has 0 aromatic heterocycles. The van der Waals surface area contributed by atoms with Gasteiger partial charge in [-0.05, 0) is 22.0 Å². The van der Waals surface area contributed by atoms with Crippen molar-refractivity contribution in [2.75, 3.05) is 14.2 Å². The Morgan fingerprint density at radius 3 is 2.71 bits per heavy atom. The van der Waals surface area contributed by atoms with E-state index in [1.807, 2.05) is 6.07 Å². The summed E-state index contributed by atoms with van der Waals surface area (Å²) >= 11 is 3.21. The van der Waals surface area contributed by atoms with Crippen molar-refractivity contribution in [1.29, 1.82) is 0 Å². The number of benzene rings is 1. The molecule has 0 bridgehead atoms. The van der Waals surface area contributed by atoms with Crippen LogP contribution in [0.1, 0.15) is 5.56 Å². The molecule has 78 valence electrons. The number of aromatic hydroxyl groups is 1. The lowest BCUT2D eigenvalue weighted by atomic mass is 10.2. The van der Waals surface area contributed by atoms with Crippen molar-refractivity contribution >= 4 is 15.9 Å². The van der Waals surface area contributed by atoms with Gasteiger partial charge in [0.25, 0.3) is 0 Å². The first kappa shape index (κ1) is 11.3. The smallest absolute Gasteiger partial charge is 0.172 e. The Bertz CT molecular complexity index is 317. The quantitative estimate of drug-likeness (QED) is 0.812. The van der Waals surface area contributed by atoms with Crippen molar-refractivity contribution < 1.29 is 14.7 Å². The first-order chi connectivity index (χ1) is 6.70. The number of phenolic OH excluding ortho intramolecular Hbond substituents is 1. The third-order valence-electron chi connectivity index (χ3n) is 1.77. The number of hydroxylamine groups is 1. The molecule has 2 N–H and O–H groups in total. The van der Waals surface area contributed by atoms with E-state index in [-0.39, 0.29) is 5.75 Å². The normalized spacial score (nSPS) is 10.2. The molecule has 0 heterocycles. The number of halogens is 1. The Hall–Kier alpha value is -0.780. The molecule has 0 aliphatic rings. The molecule has 0 aliphatic carbocycles. The van der Waals surface area contributed by atoms with Gasteiger partial charge in [0, 0.05) is 12.1 Å². The van der Waals surface area contributed by atoms with Gasteiger partial charge in [-0.25, -0.2) is 0 Å². The maximum Gasteiger partial charge on any atom is 0.172 e. The van der Waals surface area contributed by atoms with Gasteiger partial charge in [-0.3, -0.25) is 0 Å². The molecule has 0 spiro atoms. The molecule has 1 aromatic rings. The highest BCUT2D eigenvalue weighted by Gasteiger charge is 2.11. The van der Waals surface area contributed by atoms with Crippen molar-refractivity contribution in [1.82, 2.24) is 5.48 Å². The van der Waals surface area contributed by atoms with Gasteiger partial charge in [0.05, 0.1) is 18.7 Å². The molecule has 1 aromatic carbocycles. The first-order valence-electron chi connectivity index (χ1n) is 4.01. The third-order valence-corrected chi connectivity index (χ3v) is 2.41. The highest BCUT2D eigenvalue weighted by Crippen LogP contribution is 2.36. The molecule has 14 heavy (non-hydrogen) atoms. The standard InChI is InChI=1S/C9H12BrNO3/c1-13-9-6(5-11-14-2)3-4-7(10)8(9)12/h3-4,11-12H,5H2,1-2H3. The minimum Gasteiger partial charge on any atom is -0.503 e. The maximum atomic E-state index is 9.64. The van der Waals surface area contributed by atoms with E-state index in [0.29, 0.717) is 16.8 Å². The van der Waals surface area contributed by atoms with Crippen molar-refractivity contribution in [3.05, 3.63) is 22.2 Å². The topological polar surface area (TPSA) is 50.7 Å². The molecule has 0 radical (unpaired) electrons. The summed E-state index contributed by atoms with van der Waals surface area (Å²) < 4.78 is 5.69. The van der Waals surface area contributed by atoms with Crippen molar-refractivity contribution in [3.63, 3.8) is 0 Å². The largest absolute Gasteiger partial charge is 0.503 e. The summed E-state index contributed by atoms with van der Waals surface area (Å²) in [6.45, 7) is 0.473. The zero-order valence-corrected chi connectivity index (χ0v) is 9.59. The highest BCUT2D eigenvalue weighted by atomic mass is 79.9. The second kappa shape index (κ2) is 5.19. The number of ether oxygens (including phenoxy) is 1. The number of rotatable bonds is 4. The second-order valence-electron chi connectivity index (χ2n) is 2.61. The van der Waals surface area contributed by atoms with Crippen LogP contribution in [0.25, 0.3) is 0 Å². The zero-order valence-electron chi connectivity index (χ0n) is 8.00. The predicted molar refractivity (Wildman–Crippen MR) is 56.2 cm³/mol. The van der Waals surface area contributed by atoms with Crippen LogP contribution in [0.4, 0.5) is 0 Å². The Morgan fingerprint density at radius 2 is 2.14 bits per heavy atom. The van der Waals surface area contributed by atoms with Crippen LogP contribution >= 0.6 is 15.9 Å². The highest BCUT2D eigenvalue weighted by molar-refractivity contribution is 9.10. The molecule has 0 fully saturated rings. The third kappa shape index (κ3) is 2.37. The minimum absolute atomic E-state index is 0.0999. The van der Waals surface area contributed by atoms with Gasteiger partial charge in [-0.15, -0.1) is 0 Å². The lowest BCUT2D eigenvalue weighted by molar-refractivity contribution is 0.0860. The number of nitrogens with one attached hydrogen (secondary N) is 1. The van der Waals surface area contributed by atoms with E-state index in [4.69, 9.17) is 9.57 Å². The maximum absolute atomic E-state index is 9.64. The molecule has 0 aliphatic heterocycles. The van der Waals surface area contributed by atoms with Crippen LogP contribution < -0.4 is 10.2 Å². The SMILES string of the molecule is CONCc1ccc(Br)c(O)c1OC. The zero-order chi connectivity index (χ0) is 10.6. The van der Waals surface area contributed by atoms with Gasteiger partial charge in [-0.1, -0.05) is 6.07 Å². The van der Waals surface area contributed by atoms with Crippen LogP contribution in [0.3, 0.4) is 0 Å². The minimum atomic E-state index is 0.0999. The van der Waals surface area contributed by atoms with Crippen molar-refractivity contribution in [2.24, 2.45) is 0 Å². The molecule has 4 nitrogen and oxygen atoms in total. The predicted octanol–water partition coefficient (Wildman–Crippen LogP) is 1.81.